The lowest BCUT2D eigenvalue weighted by Crippen LogP contribution is -2.21. The number of hydrogen-bond acceptors (Lipinski definition) is 7. The number of alkyl halides is 3. The first-order valence-corrected chi connectivity index (χ1v) is 11.8. The number of anilines is 1. The van der Waals surface area contributed by atoms with Crippen LogP contribution in [0.3, 0.4) is 0 Å². The molecule has 1 aromatic carbocycles. The monoisotopic (exact) mass is 538 g/mol. The summed E-state index contributed by atoms with van der Waals surface area (Å²) in [6.45, 7) is 0.966. The number of halogens is 4. The maximum Gasteiger partial charge on any atom is 0.490 e. The van der Waals surface area contributed by atoms with Crippen molar-refractivity contribution in [1.82, 2.24) is 15.1 Å². The standard InChI is InChI=1S/C23H25FN4O3.C2HF3O2/c24-18-6-1-4-16(12-18)17(14-22(29)30)13-21-27-20(28-31-21)8-2-7-19-10-9-15-5-3-11-25-23(15)26-19;3-2(4,5)1(6)7/h1,4,6,9-10,12,17H,2-3,5,7-8,11,13-14H2,(H,25,26)(H,29,30);(H,6,7). The maximum absolute atomic E-state index is 13.6. The van der Waals surface area contributed by atoms with Crippen LogP contribution in [0.1, 0.15) is 53.7 Å². The second-order valence-corrected chi connectivity index (χ2v) is 8.66. The molecular weight excluding hydrogens is 512 g/mol. The zero-order chi connectivity index (χ0) is 27.7. The largest absolute Gasteiger partial charge is 0.490 e. The maximum atomic E-state index is 13.6. The van der Waals surface area contributed by atoms with Crippen LogP contribution in [0.25, 0.3) is 0 Å². The smallest absolute Gasteiger partial charge is 0.481 e. The zero-order valence-corrected chi connectivity index (χ0v) is 20.2. The highest BCUT2D eigenvalue weighted by molar-refractivity contribution is 5.73. The first-order chi connectivity index (χ1) is 18.0. The van der Waals surface area contributed by atoms with E-state index < -0.39 is 29.9 Å². The van der Waals surface area contributed by atoms with Crippen LogP contribution in [0.4, 0.5) is 23.4 Å². The van der Waals surface area contributed by atoms with Gasteiger partial charge in [-0.15, -0.1) is 0 Å². The van der Waals surface area contributed by atoms with Crippen molar-refractivity contribution in [2.75, 3.05) is 11.9 Å². The van der Waals surface area contributed by atoms with E-state index in [4.69, 9.17) is 19.4 Å². The summed E-state index contributed by atoms with van der Waals surface area (Å²) >= 11 is 0. The first-order valence-electron chi connectivity index (χ1n) is 11.8. The molecule has 0 radical (unpaired) electrons. The molecule has 0 fully saturated rings. The molecule has 9 nitrogen and oxygen atoms in total. The number of carboxylic acids is 2. The Balaban J connectivity index is 0.000000505. The third-order valence-electron chi connectivity index (χ3n) is 5.70. The number of aryl methyl sites for hydroxylation is 3. The Morgan fingerprint density at radius 1 is 1.11 bits per heavy atom. The molecule has 0 bridgehead atoms. The van der Waals surface area contributed by atoms with Crippen LogP contribution < -0.4 is 5.32 Å². The molecule has 0 saturated heterocycles. The second-order valence-electron chi connectivity index (χ2n) is 8.66. The van der Waals surface area contributed by atoms with E-state index in [9.17, 15) is 27.5 Å². The zero-order valence-electron chi connectivity index (χ0n) is 20.2. The van der Waals surface area contributed by atoms with E-state index in [1.54, 1.807) is 12.1 Å². The molecule has 1 atom stereocenters. The molecule has 0 spiro atoms. The minimum absolute atomic E-state index is 0.140. The van der Waals surface area contributed by atoms with Gasteiger partial charge in [-0.2, -0.15) is 18.2 Å². The van der Waals surface area contributed by atoms with E-state index in [0.717, 1.165) is 43.7 Å². The highest BCUT2D eigenvalue weighted by atomic mass is 19.4. The van der Waals surface area contributed by atoms with E-state index in [0.29, 0.717) is 23.7 Å². The summed E-state index contributed by atoms with van der Waals surface area (Å²) in [7, 11) is 0. The molecule has 13 heteroatoms. The van der Waals surface area contributed by atoms with Crippen molar-refractivity contribution in [2.24, 2.45) is 0 Å². The Morgan fingerprint density at radius 3 is 2.55 bits per heavy atom. The van der Waals surface area contributed by atoms with Crippen molar-refractivity contribution in [3.63, 3.8) is 0 Å². The van der Waals surface area contributed by atoms with Crippen LogP contribution in [0.15, 0.2) is 40.9 Å². The molecule has 3 aromatic rings. The normalized spacial score (nSPS) is 13.5. The van der Waals surface area contributed by atoms with Crippen LogP contribution in [0.2, 0.25) is 0 Å². The van der Waals surface area contributed by atoms with Gasteiger partial charge in [0.05, 0.1) is 6.42 Å². The molecule has 204 valence electrons. The Morgan fingerprint density at radius 2 is 1.87 bits per heavy atom. The van der Waals surface area contributed by atoms with Gasteiger partial charge < -0.3 is 20.1 Å². The highest BCUT2D eigenvalue weighted by Crippen LogP contribution is 2.25. The summed E-state index contributed by atoms with van der Waals surface area (Å²) in [5.74, 6) is -2.61. The number of aliphatic carboxylic acids is 2. The number of carbonyl (C=O) groups is 2. The van der Waals surface area contributed by atoms with Crippen molar-refractivity contribution in [2.45, 2.75) is 57.0 Å². The molecule has 2 aromatic heterocycles. The number of pyridine rings is 1. The Labute approximate surface area is 214 Å². The highest BCUT2D eigenvalue weighted by Gasteiger charge is 2.38. The number of hydrogen-bond donors (Lipinski definition) is 3. The van der Waals surface area contributed by atoms with Crippen molar-refractivity contribution < 1.29 is 41.9 Å². The van der Waals surface area contributed by atoms with Gasteiger partial charge in [0.1, 0.15) is 11.6 Å². The predicted molar refractivity (Wildman–Crippen MR) is 126 cm³/mol. The summed E-state index contributed by atoms with van der Waals surface area (Å²) in [5, 5.41) is 23.7. The van der Waals surface area contributed by atoms with Gasteiger partial charge >= 0.3 is 18.1 Å². The van der Waals surface area contributed by atoms with Crippen molar-refractivity contribution in [1.29, 1.82) is 0 Å². The second kappa shape index (κ2) is 13.0. The van der Waals surface area contributed by atoms with Crippen LogP contribution in [-0.4, -0.2) is 50.0 Å². The summed E-state index contributed by atoms with van der Waals surface area (Å²) in [5.41, 5.74) is 2.91. The number of aromatic nitrogens is 3. The Kier molecular flexibility index (Phi) is 9.74. The average molecular weight is 538 g/mol. The van der Waals surface area contributed by atoms with Gasteiger partial charge in [-0.3, -0.25) is 4.79 Å². The van der Waals surface area contributed by atoms with E-state index in [1.807, 2.05) is 0 Å². The number of nitrogens with one attached hydrogen (secondary N) is 1. The van der Waals surface area contributed by atoms with Crippen molar-refractivity contribution in [3.05, 3.63) is 70.8 Å². The third-order valence-corrected chi connectivity index (χ3v) is 5.70. The fraction of sp³-hybridized carbons (Fsp3) is 0.400. The minimum atomic E-state index is -5.08. The quantitative estimate of drug-likeness (QED) is 0.334. The molecule has 3 N–H and O–H groups in total. The van der Waals surface area contributed by atoms with Gasteiger partial charge in [-0.05, 0) is 55.0 Å². The molecule has 1 unspecified atom stereocenters. The minimum Gasteiger partial charge on any atom is -0.481 e. The van der Waals surface area contributed by atoms with E-state index >= 15 is 0 Å². The molecule has 3 heterocycles. The van der Waals surface area contributed by atoms with Gasteiger partial charge in [0.15, 0.2) is 5.82 Å². The number of fused-ring (bicyclic) bond motifs is 1. The van der Waals surface area contributed by atoms with Gasteiger partial charge in [0, 0.05) is 31.0 Å². The molecule has 0 saturated carbocycles. The number of rotatable bonds is 9. The van der Waals surface area contributed by atoms with E-state index in [1.165, 1.54) is 17.7 Å². The lowest BCUT2D eigenvalue weighted by Gasteiger charge is -2.17. The predicted octanol–water partition coefficient (Wildman–Crippen LogP) is 4.57. The molecule has 0 amide bonds. The Hall–Kier alpha value is -4.03. The van der Waals surface area contributed by atoms with Gasteiger partial charge in [0.2, 0.25) is 5.89 Å². The third kappa shape index (κ3) is 8.82. The number of nitrogens with zero attached hydrogens (tertiary/aromatic N) is 3. The fourth-order valence-electron chi connectivity index (χ4n) is 3.90. The average Bonchev–Trinajstić information content (AvgIpc) is 3.30. The van der Waals surface area contributed by atoms with Crippen LogP contribution in [0.5, 0.6) is 0 Å². The molecule has 0 aliphatic carbocycles. The van der Waals surface area contributed by atoms with Crippen LogP contribution in [-0.2, 0) is 35.3 Å². The lowest BCUT2D eigenvalue weighted by atomic mass is 9.92. The summed E-state index contributed by atoms with van der Waals surface area (Å²) in [6.07, 6.45) is -0.489. The van der Waals surface area contributed by atoms with E-state index in [2.05, 4.69) is 27.6 Å². The van der Waals surface area contributed by atoms with E-state index in [-0.39, 0.29) is 12.8 Å². The van der Waals surface area contributed by atoms with Crippen LogP contribution in [0, 0.1) is 5.82 Å². The summed E-state index contributed by atoms with van der Waals surface area (Å²) in [6, 6.07) is 10.2. The molecular formula is C25H26F4N4O5. The van der Waals surface area contributed by atoms with Gasteiger partial charge in [-0.1, -0.05) is 23.4 Å². The lowest BCUT2D eigenvalue weighted by molar-refractivity contribution is -0.192. The fourth-order valence-corrected chi connectivity index (χ4v) is 3.90. The topological polar surface area (TPSA) is 138 Å². The molecule has 4 rings (SSSR count). The van der Waals surface area contributed by atoms with Crippen molar-refractivity contribution >= 4 is 17.8 Å². The first kappa shape index (κ1) is 28.5. The van der Waals surface area contributed by atoms with Gasteiger partial charge in [-0.25, -0.2) is 14.2 Å². The van der Waals surface area contributed by atoms with Crippen molar-refractivity contribution in [3.8, 4) is 0 Å². The number of carboxylic acid groups (broad SMARTS) is 2. The molecule has 1 aliphatic heterocycles. The summed E-state index contributed by atoms with van der Waals surface area (Å²) < 4.78 is 50.6. The Bertz CT molecular complexity index is 1250. The molecule has 38 heavy (non-hydrogen) atoms. The van der Waals surface area contributed by atoms with Gasteiger partial charge in [0.25, 0.3) is 0 Å². The number of benzene rings is 1. The molecule has 1 aliphatic rings. The SMILES string of the molecule is O=C(O)C(F)(F)F.O=C(O)CC(Cc1nc(CCCc2ccc3c(n2)NCCC3)no1)c1cccc(F)c1. The van der Waals surface area contributed by atoms with Crippen LogP contribution >= 0.6 is 0 Å². The summed E-state index contributed by atoms with van der Waals surface area (Å²) in [4.78, 5) is 29.3.